The molecule has 28 heavy (non-hydrogen) atoms. The SMILES string of the molecule is Cc1c(C(=O)N2CCC(c3nnc4n3CCNC4)CC2)oc2ccc(F)cc12. The maximum absolute atomic E-state index is 13.5. The summed E-state index contributed by atoms with van der Waals surface area (Å²) in [6.45, 7) is 5.69. The number of rotatable bonds is 2. The number of furan rings is 1. The summed E-state index contributed by atoms with van der Waals surface area (Å²) in [6.07, 6.45) is 1.70. The molecule has 0 spiro atoms. The van der Waals surface area contributed by atoms with E-state index < -0.39 is 0 Å². The fourth-order valence-corrected chi connectivity index (χ4v) is 4.30. The molecule has 0 aliphatic carbocycles. The first-order chi connectivity index (χ1) is 13.6. The van der Waals surface area contributed by atoms with E-state index in [1.54, 1.807) is 6.07 Å². The highest BCUT2D eigenvalue weighted by molar-refractivity contribution is 5.99. The topological polar surface area (TPSA) is 76.2 Å². The van der Waals surface area contributed by atoms with Crippen LogP contribution < -0.4 is 5.32 Å². The van der Waals surface area contributed by atoms with Gasteiger partial charge in [0.1, 0.15) is 23.0 Å². The number of aromatic nitrogens is 3. The first-order valence-corrected chi connectivity index (χ1v) is 9.72. The molecular formula is C20H22FN5O2. The van der Waals surface area contributed by atoms with Crippen molar-refractivity contribution in [2.24, 2.45) is 0 Å². The summed E-state index contributed by atoms with van der Waals surface area (Å²) < 4.78 is 21.5. The van der Waals surface area contributed by atoms with Crippen LogP contribution in [0, 0.1) is 12.7 Å². The summed E-state index contributed by atoms with van der Waals surface area (Å²) in [4.78, 5) is 14.8. The van der Waals surface area contributed by atoms with E-state index in [2.05, 4.69) is 20.1 Å². The molecule has 4 heterocycles. The normalized spacial score (nSPS) is 17.9. The van der Waals surface area contributed by atoms with E-state index in [1.807, 2.05) is 11.8 Å². The number of amides is 1. The standard InChI is InChI=1S/C20H22FN5O2/c1-12-15-10-14(21)2-3-16(15)28-18(12)20(27)25-7-4-13(5-8-25)19-24-23-17-11-22-6-9-26(17)19/h2-3,10,13,22H,4-9,11H2,1H3. The van der Waals surface area contributed by atoms with Crippen LogP contribution in [0.5, 0.6) is 0 Å². The Labute approximate surface area is 161 Å². The van der Waals surface area contributed by atoms with Crippen molar-refractivity contribution < 1.29 is 13.6 Å². The number of likely N-dealkylation sites (tertiary alicyclic amines) is 1. The molecule has 1 amide bonds. The molecule has 0 radical (unpaired) electrons. The second kappa shape index (κ2) is 6.70. The molecule has 0 unspecified atom stereocenters. The van der Waals surface area contributed by atoms with E-state index in [9.17, 15) is 9.18 Å². The number of aryl methyl sites for hydroxylation is 1. The van der Waals surface area contributed by atoms with Crippen LogP contribution in [-0.2, 0) is 13.1 Å². The Bertz CT molecular complexity index is 1050. The van der Waals surface area contributed by atoms with Crippen molar-refractivity contribution in [2.75, 3.05) is 19.6 Å². The minimum absolute atomic E-state index is 0.125. The molecule has 3 aromatic rings. The van der Waals surface area contributed by atoms with Gasteiger partial charge >= 0.3 is 0 Å². The van der Waals surface area contributed by atoms with Gasteiger partial charge in [0.05, 0.1) is 6.54 Å². The van der Waals surface area contributed by atoms with Crippen LogP contribution in [0.15, 0.2) is 22.6 Å². The summed E-state index contributed by atoms with van der Waals surface area (Å²) in [5, 5.41) is 12.7. The summed E-state index contributed by atoms with van der Waals surface area (Å²) >= 11 is 0. The van der Waals surface area contributed by atoms with Crippen molar-refractivity contribution in [3.05, 3.63) is 47.0 Å². The Hall–Kier alpha value is -2.74. The predicted octanol–water partition coefficient (Wildman–Crippen LogP) is 2.59. The predicted molar refractivity (Wildman–Crippen MR) is 101 cm³/mol. The van der Waals surface area contributed by atoms with Gasteiger partial charge < -0.3 is 19.2 Å². The maximum Gasteiger partial charge on any atom is 0.289 e. The van der Waals surface area contributed by atoms with E-state index in [4.69, 9.17) is 4.42 Å². The van der Waals surface area contributed by atoms with Gasteiger partial charge in [-0.15, -0.1) is 10.2 Å². The highest BCUT2D eigenvalue weighted by Gasteiger charge is 2.31. The summed E-state index contributed by atoms with van der Waals surface area (Å²) in [7, 11) is 0. The number of halogens is 1. The zero-order chi connectivity index (χ0) is 19.3. The first-order valence-electron chi connectivity index (χ1n) is 9.72. The first kappa shape index (κ1) is 17.4. The third-order valence-corrected chi connectivity index (χ3v) is 5.89. The quantitative estimate of drug-likeness (QED) is 0.736. The molecule has 8 heteroatoms. The Morgan fingerprint density at radius 3 is 2.89 bits per heavy atom. The molecule has 0 bridgehead atoms. The second-order valence-electron chi connectivity index (χ2n) is 7.57. The second-order valence-corrected chi connectivity index (χ2v) is 7.57. The maximum atomic E-state index is 13.5. The minimum atomic E-state index is -0.331. The fraction of sp³-hybridized carbons (Fsp3) is 0.450. The van der Waals surface area contributed by atoms with E-state index in [1.165, 1.54) is 12.1 Å². The number of hydrogen-bond acceptors (Lipinski definition) is 5. The van der Waals surface area contributed by atoms with Gasteiger partial charge in [-0.3, -0.25) is 4.79 Å². The van der Waals surface area contributed by atoms with Crippen molar-refractivity contribution in [1.82, 2.24) is 25.0 Å². The zero-order valence-electron chi connectivity index (χ0n) is 15.7. The number of carbonyl (C=O) groups excluding carboxylic acids is 1. The lowest BCUT2D eigenvalue weighted by Crippen LogP contribution is -2.39. The van der Waals surface area contributed by atoms with Gasteiger partial charge in [0.2, 0.25) is 0 Å². The van der Waals surface area contributed by atoms with Gasteiger partial charge in [-0.25, -0.2) is 4.39 Å². The van der Waals surface area contributed by atoms with Crippen LogP contribution >= 0.6 is 0 Å². The molecule has 0 saturated carbocycles. The lowest BCUT2D eigenvalue weighted by Gasteiger charge is -2.31. The molecule has 2 aliphatic rings. The number of hydrogen-bond donors (Lipinski definition) is 1. The number of fused-ring (bicyclic) bond motifs is 2. The van der Waals surface area contributed by atoms with E-state index in [-0.39, 0.29) is 11.7 Å². The van der Waals surface area contributed by atoms with Gasteiger partial charge in [0.25, 0.3) is 5.91 Å². The third-order valence-electron chi connectivity index (χ3n) is 5.89. The van der Waals surface area contributed by atoms with Gasteiger partial charge in [0, 0.05) is 43.0 Å². The van der Waals surface area contributed by atoms with Crippen molar-refractivity contribution >= 4 is 16.9 Å². The van der Waals surface area contributed by atoms with Crippen LogP contribution in [0.1, 0.15) is 46.5 Å². The van der Waals surface area contributed by atoms with Crippen molar-refractivity contribution in [2.45, 2.75) is 38.8 Å². The number of benzene rings is 1. The molecular weight excluding hydrogens is 361 g/mol. The molecule has 1 aromatic carbocycles. The largest absolute Gasteiger partial charge is 0.451 e. The van der Waals surface area contributed by atoms with Crippen molar-refractivity contribution in [1.29, 1.82) is 0 Å². The average Bonchev–Trinajstić information content (AvgIpc) is 3.29. The summed E-state index contributed by atoms with van der Waals surface area (Å²) in [6, 6.07) is 4.34. The highest BCUT2D eigenvalue weighted by atomic mass is 19.1. The van der Waals surface area contributed by atoms with Crippen molar-refractivity contribution in [3.63, 3.8) is 0 Å². The van der Waals surface area contributed by atoms with E-state index >= 15 is 0 Å². The molecule has 7 nitrogen and oxygen atoms in total. The van der Waals surface area contributed by atoms with E-state index in [0.29, 0.717) is 41.3 Å². The van der Waals surface area contributed by atoms with Gasteiger partial charge in [-0.05, 0) is 38.0 Å². The van der Waals surface area contributed by atoms with Crippen LogP contribution in [0.2, 0.25) is 0 Å². The average molecular weight is 383 g/mol. The number of nitrogens with one attached hydrogen (secondary N) is 1. The number of piperidine rings is 1. The van der Waals surface area contributed by atoms with E-state index in [0.717, 1.165) is 44.1 Å². The van der Waals surface area contributed by atoms with Crippen molar-refractivity contribution in [3.8, 4) is 0 Å². The highest BCUT2D eigenvalue weighted by Crippen LogP contribution is 2.31. The fourth-order valence-electron chi connectivity index (χ4n) is 4.30. The molecule has 146 valence electrons. The third kappa shape index (κ3) is 2.79. The smallest absolute Gasteiger partial charge is 0.289 e. The summed E-state index contributed by atoms with van der Waals surface area (Å²) in [5.41, 5.74) is 1.24. The van der Waals surface area contributed by atoms with Crippen LogP contribution in [-0.4, -0.2) is 45.2 Å². The van der Waals surface area contributed by atoms with Gasteiger partial charge in [-0.2, -0.15) is 0 Å². The zero-order valence-corrected chi connectivity index (χ0v) is 15.7. The van der Waals surface area contributed by atoms with Crippen LogP contribution in [0.4, 0.5) is 4.39 Å². The van der Waals surface area contributed by atoms with Crippen LogP contribution in [0.3, 0.4) is 0 Å². The molecule has 1 saturated heterocycles. The minimum Gasteiger partial charge on any atom is -0.451 e. The Balaban J connectivity index is 1.32. The monoisotopic (exact) mass is 383 g/mol. The van der Waals surface area contributed by atoms with Gasteiger partial charge in [-0.1, -0.05) is 0 Å². The molecule has 1 fully saturated rings. The molecule has 2 aromatic heterocycles. The Kier molecular flexibility index (Phi) is 4.16. The number of carbonyl (C=O) groups is 1. The lowest BCUT2D eigenvalue weighted by molar-refractivity contribution is 0.0679. The summed E-state index contributed by atoms with van der Waals surface area (Å²) in [5.74, 6) is 2.20. The Morgan fingerprint density at radius 1 is 1.25 bits per heavy atom. The van der Waals surface area contributed by atoms with Gasteiger partial charge in [0.15, 0.2) is 5.76 Å². The molecule has 0 atom stereocenters. The number of nitrogens with zero attached hydrogens (tertiary/aromatic N) is 4. The molecule has 5 rings (SSSR count). The van der Waals surface area contributed by atoms with Crippen LogP contribution in [0.25, 0.3) is 11.0 Å². The molecule has 1 N–H and O–H groups in total. The molecule has 2 aliphatic heterocycles. The lowest BCUT2D eigenvalue weighted by atomic mass is 9.95. The Morgan fingerprint density at radius 2 is 2.07 bits per heavy atom.